The van der Waals surface area contributed by atoms with E-state index in [2.05, 4.69) is 5.32 Å². The molecule has 0 aliphatic heterocycles. The molecule has 104 valence electrons. The first-order valence-electron chi connectivity index (χ1n) is 6.31. The van der Waals surface area contributed by atoms with Crippen LogP contribution < -0.4 is 5.32 Å². The van der Waals surface area contributed by atoms with E-state index in [1.165, 1.54) is 12.1 Å². The molecule has 1 aromatic rings. The number of benzene rings is 1. The van der Waals surface area contributed by atoms with Crippen molar-refractivity contribution in [2.75, 3.05) is 19.6 Å². The number of nitrogens with zero attached hydrogens (tertiary/aromatic N) is 1. The minimum atomic E-state index is -0.576. The molecule has 19 heavy (non-hydrogen) atoms. The van der Waals surface area contributed by atoms with E-state index in [9.17, 15) is 14.0 Å². The minimum Gasteiger partial charge on any atom is -0.343 e. The van der Waals surface area contributed by atoms with Gasteiger partial charge in [-0.15, -0.1) is 0 Å². The summed E-state index contributed by atoms with van der Waals surface area (Å²) in [6.45, 7) is 6.53. The Bertz CT molecular complexity index is 471. The van der Waals surface area contributed by atoms with Crippen LogP contribution in [0.25, 0.3) is 0 Å². The van der Waals surface area contributed by atoms with Crippen molar-refractivity contribution >= 4 is 11.8 Å². The number of likely N-dealkylation sites (N-methyl/N-ethyl adjacent to an activating group) is 1. The zero-order valence-corrected chi connectivity index (χ0v) is 11.5. The van der Waals surface area contributed by atoms with Crippen molar-refractivity contribution in [3.63, 3.8) is 0 Å². The summed E-state index contributed by atoms with van der Waals surface area (Å²) in [5, 5.41) is 2.44. The van der Waals surface area contributed by atoms with Gasteiger partial charge in [0, 0.05) is 13.1 Å². The average Bonchev–Trinajstić information content (AvgIpc) is 2.37. The minimum absolute atomic E-state index is 0.0436. The lowest BCUT2D eigenvalue weighted by atomic mass is 10.1. The first-order valence-corrected chi connectivity index (χ1v) is 6.31. The summed E-state index contributed by atoms with van der Waals surface area (Å²) in [5.74, 6) is -1.32. The van der Waals surface area contributed by atoms with Gasteiger partial charge in [-0.05, 0) is 38.5 Å². The Morgan fingerprint density at radius 3 is 2.42 bits per heavy atom. The van der Waals surface area contributed by atoms with E-state index in [4.69, 9.17) is 0 Å². The Labute approximate surface area is 112 Å². The van der Waals surface area contributed by atoms with E-state index in [1.54, 1.807) is 17.9 Å². The smallest absolute Gasteiger partial charge is 0.254 e. The molecule has 0 heterocycles. The summed E-state index contributed by atoms with van der Waals surface area (Å²) >= 11 is 0. The first kappa shape index (κ1) is 15.1. The molecular formula is C14H19FN2O2. The van der Waals surface area contributed by atoms with Crippen molar-refractivity contribution in [3.05, 3.63) is 35.1 Å². The van der Waals surface area contributed by atoms with Gasteiger partial charge >= 0.3 is 0 Å². The predicted molar refractivity (Wildman–Crippen MR) is 71.4 cm³/mol. The SMILES string of the molecule is CCN(CC)C(=O)CNC(=O)c1ccc(C)cc1F. The average molecular weight is 266 g/mol. The molecule has 0 spiro atoms. The molecule has 0 aromatic heterocycles. The van der Waals surface area contributed by atoms with Gasteiger partial charge in [0.2, 0.25) is 5.91 Å². The molecular weight excluding hydrogens is 247 g/mol. The lowest BCUT2D eigenvalue weighted by Gasteiger charge is -2.18. The molecule has 0 aliphatic carbocycles. The lowest BCUT2D eigenvalue weighted by molar-refractivity contribution is -0.129. The third kappa shape index (κ3) is 4.05. The highest BCUT2D eigenvalue weighted by atomic mass is 19.1. The van der Waals surface area contributed by atoms with Crippen LogP contribution in [0.15, 0.2) is 18.2 Å². The summed E-state index contributed by atoms with van der Waals surface area (Å²) in [6.07, 6.45) is 0. The normalized spacial score (nSPS) is 10.1. The summed E-state index contributed by atoms with van der Waals surface area (Å²) < 4.78 is 13.6. The second-order valence-electron chi connectivity index (χ2n) is 4.23. The Morgan fingerprint density at radius 2 is 1.89 bits per heavy atom. The number of carbonyl (C=O) groups excluding carboxylic acids is 2. The maximum atomic E-state index is 13.6. The van der Waals surface area contributed by atoms with Crippen LogP contribution in [0.5, 0.6) is 0 Å². The summed E-state index contributed by atoms with van der Waals surface area (Å²) in [5.41, 5.74) is 0.700. The van der Waals surface area contributed by atoms with E-state index in [0.29, 0.717) is 13.1 Å². The number of carbonyl (C=O) groups is 2. The molecule has 1 rings (SSSR count). The molecule has 0 bridgehead atoms. The van der Waals surface area contributed by atoms with Crippen LogP contribution in [0.1, 0.15) is 29.8 Å². The van der Waals surface area contributed by atoms with E-state index >= 15 is 0 Å². The Kier molecular flexibility index (Phi) is 5.48. The quantitative estimate of drug-likeness (QED) is 0.882. The molecule has 0 unspecified atom stereocenters. The van der Waals surface area contributed by atoms with E-state index in [1.807, 2.05) is 13.8 Å². The molecule has 1 aromatic carbocycles. The van der Waals surface area contributed by atoms with E-state index in [-0.39, 0.29) is 18.0 Å². The van der Waals surface area contributed by atoms with Gasteiger partial charge in [-0.25, -0.2) is 4.39 Å². The van der Waals surface area contributed by atoms with Gasteiger partial charge in [-0.3, -0.25) is 9.59 Å². The number of rotatable bonds is 5. The molecule has 0 saturated heterocycles. The summed E-state index contributed by atoms with van der Waals surface area (Å²) in [6, 6.07) is 4.37. The van der Waals surface area contributed by atoms with Crippen LogP contribution in [0.4, 0.5) is 4.39 Å². The standard InChI is InChI=1S/C14H19FN2O2/c1-4-17(5-2)13(18)9-16-14(19)11-7-6-10(3)8-12(11)15/h6-8H,4-5,9H2,1-3H3,(H,16,19). The number of aryl methyl sites for hydroxylation is 1. The third-order valence-corrected chi connectivity index (χ3v) is 2.89. The van der Waals surface area contributed by atoms with Crippen LogP contribution in [0.3, 0.4) is 0 Å². The van der Waals surface area contributed by atoms with Crippen molar-refractivity contribution in [1.82, 2.24) is 10.2 Å². The fourth-order valence-electron chi connectivity index (χ4n) is 1.74. The Morgan fingerprint density at radius 1 is 1.26 bits per heavy atom. The van der Waals surface area contributed by atoms with Crippen LogP contribution in [-0.4, -0.2) is 36.3 Å². The predicted octanol–water partition coefficient (Wildman–Crippen LogP) is 1.73. The van der Waals surface area contributed by atoms with Gasteiger partial charge in [-0.1, -0.05) is 6.07 Å². The van der Waals surface area contributed by atoms with Crippen LogP contribution in [-0.2, 0) is 4.79 Å². The number of hydrogen-bond donors (Lipinski definition) is 1. The van der Waals surface area contributed by atoms with Gasteiger partial charge in [-0.2, -0.15) is 0 Å². The largest absolute Gasteiger partial charge is 0.343 e. The molecule has 2 amide bonds. The van der Waals surface area contributed by atoms with Crippen molar-refractivity contribution < 1.29 is 14.0 Å². The topological polar surface area (TPSA) is 49.4 Å². The van der Waals surface area contributed by atoms with E-state index < -0.39 is 11.7 Å². The second-order valence-corrected chi connectivity index (χ2v) is 4.23. The number of nitrogens with one attached hydrogen (secondary N) is 1. The van der Waals surface area contributed by atoms with Crippen molar-refractivity contribution in [1.29, 1.82) is 0 Å². The first-order chi connectivity index (χ1) is 8.99. The Hall–Kier alpha value is -1.91. The van der Waals surface area contributed by atoms with Crippen molar-refractivity contribution in [2.45, 2.75) is 20.8 Å². The van der Waals surface area contributed by atoms with Gasteiger partial charge in [0.05, 0.1) is 12.1 Å². The molecule has 0 fully saturated rings. The van der Waals surface area contributed by atoms with Gasteiger partial charge < -0.3 is 10.2 Å². The van der Waals surface area contributed by atoms with E-state index in [0.717, 1.165) is 5.56 Å². The summed E-state index contributed by atoms with van der Waals surface area (Å²) in [4.78, 5) is 25.1. The lowest BCUT2D eigenvalue weighted by Crippen LogP contribution is -2.40. The number of hydrogen-bond acceptors (Lipinski definition) is 2. The fraction of sp³-hybridized carbons (Fsp3) is 0.429. The highest BCUT2D eigenvalue weighted by molar-refractivity contribution is 5.96. The van der Waals surface area contributed by atoms with Gasteiger partial charge in [0.1, 0.15) is 5.82 Å². The molecule has 0 saturated carbocycles. The van der Waals surface area contributed by atoms with Crippen LogP contribution in [0.2, 0.25) is 0 Å². The monoisotopic (exact) mass is 266 g/mol. The zero-order chi connectivity index (χ0) is 14.4. The van der Waals surface area contributed by atoms with Crippen molar-refractivity contribution in [2.24, 2.45) is 0 Å². The maximum Gasteiger partial charge on any atom is 0.254 e. The maximum absolute atomic E-state index is 13.6. The highest BCUT2D eigenvalue weighted by Gasteiger charge is 2.14. The van der Waals surface area contributed by atoms with Gasteiger partial charge in [0.15, 0.2) is 0 Å². The summed E-state index contributed by atoms with van der Waals surface area (Å²) in [7, 11) is 0. The highest BCUT2D eigenvalue weighted by Crippen LogP contribution is 2.09. The van der Waals surface area contributed by atoms with Gasteiger partial charge in [0.25, 0.3) is 5.91 Å². The fourth-order valence-corrected chi connectivity index (χ4v) is 1.74. The molecule has 0 aliphatic rings. The number of halogens is 1. The second kappa shape index (κ2) is 6.87. The Balaban J connectivity index is 2.63. The molecule has 0 atom stereocenters. The molecule has 1 N–H and O–H groups in total. The number of amides is 2. The molecule has 4 nitrogen and oxygen atoms in total. The van der Waals surface area contributed by atoms with Crippen LogP contribution in [0, 0.1) is 12.7 Å². The zero-order valence-electron chi connectivity index (χ0n) is 11.5. The van der Waals surface area contributed by atoms with Crippen LogP contribution >= 0.6 is 0 Å². The third-order valence-electron chi connectivity index (χ3n) is 2.89. The molecule has 0 radical (unpaired) electrons. The van der Waals surface area contributed by atoms with Crippen molar-refractivity contribution in [3.8, 4) is 0 Å². The molecule has 5 heteroatoms.